The van der Waals surface area contributed by atoms with E-state index < -0.39 is 0 Å². The predicted molar refractivity (Wildman–Crippen MR) is 56.3 cm³/mol. The molecule has 2 amide bonds. The molecule has 5 heteroatoms. The first-order chi connectivity index (χ1) is 7.66. The van der Waals surface area contributed by atoms with Crippen molar-refractivity contribution in [1.82, 2.24) is 10.2 Å². The number of carbonyl (C=O) groups excluding carboxylic acids is 2. The zero-order valence-corrected chi connectivity index (χ0v) is 9.10. The molecule has 2 heterocycles. The van der Waals surface area contributed by atoms with Crippen LogP contribution in [0.15, 0.2) is 22.8 Å². The molecule has 0 radical (unpaired) electrons. The van der Waals surface area contributed by atoms with Crippen LogP contribution >= 0.6 is 0 Å². The van der Waals surface area contributed by atoms with Crippen LogP contribution in [0.4, 0.5) is 0 Å². The molecule has 1 aliphatic heterocycles. The Kier molecular flexibility index (Phi) is 2.94. The Hall–Kier alpha value is -1.78. The van der Waals surface area contributed by atoms with Gasteiger partial charge in [-0.1, -0.05) is 0 Å². The molecule has 0 saturated carbocycles. The summed E-state index contributed by atoms with van der Waals surface area (Å²) in [5.74, 6) is 0.445. The van der Waals surface area contributed by atoms with Gasteiger partial charge in [-0.25, -0.2) is 0 Å². The molecule has 1 atom stereocenters. The number of furan rings is 1. The highest BCUT2D eigenvalue weighted by atomic mass is 16.3. The van der Waals surface area contributed by atoms with Crippen molar-refractivity contribution in [3.63, 3.8) is 0 Å². The number of amides is 2. The molecule has 1 unspecified atom stereocenters. The third kappa shape index (κ3) is 2.24. The first-order valence-corrected chi connectivity index (χ1v) is 5.21. The van der Waals surface area contributed by atoms with Crippen molar-refractivity contribution in [2.45, 2.75) is 13.0 Å². The summed E-state index contributed by atoms with van der Waals surface area (Å²) in [7, 11) is 1.72. The summed E-state index contributed by atoms with van der Waals surface area (Å²) in [5.41, 5.74) is 0. The zero-order chi connectivity index (χ0) is 11.5. The molecule has 1 aromatic heterocycles. The molecular formula is C11H14N2O3. The SMILES string of the molecule is CN(Cc1ccco1)C(=O)C1CNC(=O)C1. The van der Waals surface area contributed by atoms with Gasteiger partial charge in [0.1, 0.15) is 5.76 Å². The Morgan fingerprint density at radius 2 is 2.50 bits per heavy atom. The molecule has 1 aromatic rings. The van der Waals surface area contributed by atoms with E-state index >= 15 is 0 Å². The monoisotopic (exact) mass is 222 g/mol. The van der Waals surface area contributed by atoms with Gasteiger partial charge < -0.3 is 14.6 Å². The second-order valence-corrected chi connectivity index (χ2v) is 3.98. The maximum atomic E-state index is 11.9. The summed E-state index contributed by atoms with van der Waals surface area (Å²) in [5, 5.41) is 2.65. The highest BCUT2D eigenvalue weighted by molar-refractivity contribution is 5.89. The summed E-state index contributed by atoms with van der Waals surface area (Å²) in [4.78, 5) is 24.5. The van der Waals surface area contributed by atoms with E-state index in [0.717, 1.165) is 5.76 Å². The van der Waals surface area contributed by atoms with Crippen LogP contribution in [0.5, 0.6) is 0 Å². The van der Waals surface area contributed by atoms with Gasteiger partial charge in [0.05, 0.1) is 18.7 Å². The lowest BCUT2D eigenvalue weighted by atomic mass is 10.1. The molecule has 1 aliphatic rings. The van der Waals surface area contributed by atoms with Crippen molar-refractivity contribution in [2.24, 2.45) is 5.92 Å². The zero-order valence-electron chi connectivity index (χ0n) is 9.10. The molecule has 1 saturated heterocycles. The molecule has 1 fully saturated rings. The maximum absolute atomic E-state index is 11.9. The van der Waals surface area contributed by atoms with Gasteiger partial charge in [-0.2, -0.15) is 0 Å². The molecular weight excluding hydrogens is 208 g/mol. The number of carbonyl (C=O) groups is 2. The third-order valence-corrected chi connectivity index (χ3v) is 2.68. The molecule has 86 valence electrons. The quantitative estimate of drug-likeness (QED) is 0.804. The van der Waals surface area contributed by atoms with E-state index in [2.05, 4.69) is 5.32 Å². The normalized spacial score (nSPS) is 19.6. The summed E-state index contributed by atoms with van der Waals surface area (Å²) in [6.45, 7) is 0.886. The van der Waals surface area contributed by atoms with E-state index in [1.54, 1.807) is 24.3 Å². The molecule has 1 N–H and O–H groups in total. The fourth-order valence-electron chi connectivity index (χ4n) is 1.81. The lowest BCUT2D eigenvalue weighted by Crippen LogP contribution is -2.33. The average Bonchev–Trinajstić information content (AvgIpc) is 2.88. The molecule has 5 nitrogen and oxygen atoms in total. The van der Waals surface area contributed by atoms with Crippen molar-refractivity contribution >= 4 is 11.8 Å². The van der Waals surface area contributed by atoms with Crippen LogP contribution in [0.3, 0.4) is 0 Å². The minimum atomic E-state index is -0.229. The summed E-state index contributed by atoms with van der Waals surface area (Å²) in [6, 6.07) is 3.61. The van der Waals surface area contributed by atoms with Crippen LogP contribution < -0.4 is 5.32 Å². The Bertz CT molecular complexity index is 386. The van der Waals surface area contributed by atoms with E-state index in [4.69, 9.17) is 4.42 Å². The molecule has 0 spiro atoms. The third-order valence-electron chi connectivity index (χ3n) is 2.68. The smallest absolute Gasteiger partial charge is 0.228 e. The van der Waals surface area contributed by atoms with Crippen molar-refractivity contribution in [2.75, 3.05) is 13.6 Å². The van der Waals surface area contributed by atoms with Crippen LogP contribution in [-0.2, 0) is 16.1 Å². The fourth-order valence-corrected chi connectivity index (χ4v) is 1.81. The largest absolute Gasteiger partial charge is 0.467 e. The number of hydrogen-bond acceptors (Lipinski definition) is 3. The van der Waals surface area contributed by atoms with Crippen molar-refractivity contribution in [3.05, 3.63) is 24.2 Å². The lowest BCUT2D eigenvalue weighted by Gasteiger charge is -2.18. The number of rotatable bonds is 3. The molecule has 0 aliphatic carbocycles. The second-order valence-electron chi connectivity index (χ2n) is 3.98. The van der Waals surface area contributed by atoms with Gasteiger partial charge in [-0.05, 0) is 12.1 Å². The van der Waals surface area contributed by atoms with Crippen LogP contribution in [0, 0.1) is 5.92 Å². The fraction of sp³-hybridized carbons (Fsp3) is 0.455. The topological polar surface area (TPSA) is 62.6 Å². The second kappa shape index (κ2) is 4.38. The van der Waals surface area contributed by atoms with Crippen LogP contribution in [0.2, 0.25) is 0 Å². The minimum absolute atomic E-state index is 0.0187. The van der Waals surface area contributed by atoms with Gasteiger partial charge in [0.25, 0.3) is 0 Å². The minimum Gasteiger partial charge on any atom is -0.467 e. The molecule has 0 aromatic carbocycles. The maximum Gasteiger partial charge on any atom is 0.228 e. The summed E-state index contributed by atoms with van der Waals surface area (Å²) in [6.07, 6.45) is 1.87. The first-order valence-electron chi connectivity index (χ1n) is 5.21. The highest BCUT2D eigenvalue weighted by Crippen LogP contribution is 2.14. The van der Waals surface area contributed by atoms with Crippen LogP contribution in [0.25, 0.3) is 0 Å². The molecule has 0 bridgehead atoms. The summed E-state index contributed by atoms with van der Waals surface area (Å²) < 4.78 is 5.16. The number of hydrogen-bond donors (Lipinski definition) is 1. The first kappa shape index (κ1) is 10.7. The number of nitrogens with one attached hydrogen (secondary N) is 1. The average molecular weight is 222 g/mol. The predicted octanol–water partition coefficient (Wildman–Crippen LogP) is 0.374. The molecule has 2 rings (SSSR count). The van der Waals surface area contributed by atoms with Crippen molar-refractivity contribution < 1.29 is 14.0 Å². The Morgan fingerprint density at radius 1 is 1.69 bits per heavy atom. The van der Waals surface area contributed by atoms with Gasteiger partial charge in [-0.3, -0.25) is 9.59 Å². The molecule has 16 heavy (non-hydrogen) atoms. The van der Waals surface area contributed by atoms with E-state index in [1.165, 1.54) is 0 Å². The van der Waals surface area contributed by atoms with Gasteiger partial charge in [0.2, 0.25) is 11.8 Å². The van der Waals surface area contributed by atoms with Gasteiger partial charge in [-0.15, -0.1) is 0 Å². The van der Waals surface area contributed by atoms with Crippen molar-refractivity contribution in [3.8, 4) is 0 Å². The number of nitrogens with zero attached hydrogens (tertiary/aromatic N) is 1. The van der Waals surface area contributed by atoms with Crippen molar-refractivity contribution in [1.29, 1.82) is 0 Å². The summed E-state index contributed by atoms with van der Waals surface area (Å²) >= 11 is 0. The Labute approximate surface area is 93.4 Å². The van der Waals surface area contributed by atoms with E-state index in [-0.39, 0.29) is 17.7 Å². The Morgan fingerprint density at radius 3 is 3.06 bits per heavy atom. The van der Waals surface area contributed by atoms with Gasteiger partial charge in [0, 0.05) is 20.0 Å². The van der Waals surface area contributed by atoms with Gasteiger partial charge in [0.15, 0.2) is 0 Å². The van der Waals surface area contributed by atoms with E-state index in [0.29, 0.717) is 19.5 Å². The van der Waals surface area contributed by atoms with Gasteiger partial charge >= 0.3 is 0 Å². The highest BCUT2D eigenvalue weighted by Gasteiger charge is 2.30. The van der Waals surface area contributed by atoms with Crippen LogP contribution in [0.1, 0.15) is 12.2 Å². The Balaban J connectivity index is 1.92. The van der Waals surface area contributed by atoms with E-state index in [1.807, 2.05) is 6.07 Å². The van der Waals surface area contributed by atoms with E-state index in [9.17, 15) is 9.59 Å². The standard InChI is InChI=1S/C11H14N2O3/c1-13(7-9-3-2-4-16-9)11(15)8-5-10(14)12-6-8/h2-4,8H,5-7H2,1H3,(H,12,14). The lowest BCUT2D eigenvalue weighted by molar-refractivity contribution is -0.135. The van der Waals surface area contributed by atoms with Crippen LogP contribution in [-0.4, -0.2) is 30.3 Å².